The molecule has 176 valence electrons. The molecule has 0 radical (unpaired) electrons. The lowest BCUT2D eigenvalue weighted by Crippen LogP contribution is -2.54. The first-order chi connectivity index (χ1) is 16.8. The van der Waals surface area contributed by atoms with Gasteiger partial charge in [0.15, 0.2) is 6.61 Å². The summed E-state index contributed by atoms with van der Waals surface area (Å²) in [6.07, 6.45) is 1.40. The lowest BCUT2D eigenvalue weighted by molar-refractivity contribution is -0.122. The second-order valence-electron chi connectivity index (χ2n) is 8.02. The second kappa shape index (κ2) is 10.0. The Kier molecular flexibility index (Phi) is 6.73. The predicted octanol–water partition coefficient (Wildman–Crippen LogP) is 3.99. The Morgan fingerprint density at radius 3 is 2.40 bits per heavy atom. The van der Waals surface area contributed by atoms with Crippen LogP contribution < -0.4 is 20.3 Å². The molecule has 8 nitrogen and oxygen atoms in total. The van der Waals surface area contributed by atoms with E-state index in [-0.39, 0.29) is 18.1 Å². The molecule has 0 spiro atoms. The highest BCUT2D eigenvalue weighted by molar-refractivity contribution is 6.39. The molecule has 5 amide bonds. The monoisotopic (exact) mass is 469 g/mol. The number of nitrogens with one attached hydrogen (secondary N) is 2. The standard InChI is InChI=1S/C27H23N3O5/c1-17-8-9-18(2)23(14-17)28-24(31)16-35-21-12-10-19(11-13-21)15-22-25(32)29-27(34)30(26(22)33)20-6-4-3-5-7-20/h3-15H,16H2,1-2H3,(H,28,31)(H,29,32,34)/b22-15-. The maximum atomic E-state index is 12.9. The number of hydrogen-bond acceptors (Lipinski definition) is 5. The van der Waals surface area contributed by atoms with Gasteiger partial charge in [-0.15, -0.1) is 0 Å². The van der Waals surface area contributed by atoms with E-state index in [1.165, 1.54) is 6.08 Å². The van der Waals surface area contributed by atoms with Crippen LogP contribution in [0.3, 0.4) is 0 Å². The third-order valence-electron chi connectivity index (χ3n) is 5.34. The number of imide groups is 2. The van der Waals surface area contributed by atoms with Gasteiger partial charge in [-0.25, -0.2) is 9.69 Å². The van der Waals surface area contributed by atoms with Gasteiger partial charge in [0.2, 0.25) is 0 Å². The molecule has 4 rings (SSSR count). The number of aryl methyl sites for hydroxylation is 2. The largest absolute Gasteiger partial charge is 0.484 e. The Balaban J connectivity index is 1.42. The molecular weight excluding hydrogens is 446 g/mol. The molecule has 0 atom stereocenters. The number of benzene rings is 3. The van der Waals surface area contributed by atoms with Crippen molar-refractivity contribution in [2.24, 2.45) is 0 Å². The molecule has 1 aliphatic heterocycles. The fourth-order valence-corrected chi connectivity index (χ4v) is 3.50. The van der Waals surface area contributed by atoms with Crippen molar-refractivity contribution in [2.75, 3.05) is 16.8 Å². The summed E-state index contributed by atoms with van der Waals surface area (Å²) in [4.78, 5) is 50.6. The molecule has 2 N–H and O–H groups in total. The maximum Gasteiger partial charge on any atom is 0.335 e. The summed E-state index contributed by atoms with van der Waals surface area (Å²) < 4.78 is 5.55. The molecule has 0 saturated carbocycles. The zero-order chi connectivity index (χ0) is 24.9. The molecule has 1 aliphatic rings. The van der Waals surface area contributed by atoms with E-state index in [0.717, 1.165) is 21.7 Å². The number of barbiturate groups is 1. The van der Waals surface area contributed by atoms with E-state index in [1.54, 1.807) is 54.6 Å². The molecular formula is C27H23N3O5. The summed E-state index contributed by atoms with van der Waals surface area (Å²) >= 11 is 0. The molecule has 1 saturated heterocycles. The highest BCUT2D eigenvalue weighted by atomic mass is 16.5. The van der Waals surface area contributed by atoms with Crippen LogP contribution in [-0.2, 0) is 14.4 Å². The van der Waals surface area contributed by atoms with Gasteiger partial charge in [0.1, 0.15) is 11.3 Å². The molecule has 0 aliphatic carbocycles. The van der Waals surface area contributed by atoms with E-state index in [0.29, 0.717) is 17.0 Å². The SMILES string of the molecule is Cc1ccc(C)c(NC(=O)COc2ccc(/C=C3/C(=O)NC(=O)N(c4ccccc4)C3=O)cc2)c1. The first-order valence-corrected chi connectivity index (χ1v) is 10.9. The smallest absolute Gasteiger partial charge is 0.335 e. The van der Waals surface area contributed by atoms with E-state index in [4.69, 9.17) is 4.74 Å². The Morgan fingerprint density at radius 2 is 1.69 bits per heavy atom. The van der Waals surface area contributed by atoms with Crippen LogP contribution in [0.25, 0.3) is 6.08 Å². The number of hydrogen-bond donors (Lipinski definition) is 2. The Hall–Kier alpha value is -4.72. The van der Waals surface area contributed by atoms with Crippen molar-refractivity contribution in [3.8, 4) is 5.75 Å². The highest BCUT2D eigenvalue weighted by Crippen LogP contribution is 2.22. The molecule has 1 fully saturated rings. The van der Waals surface area contributed by atoms with E-state index in [9.17, 15) is 19.2 Å². The first-order valence-electron chi connectivity index (χ1n) is 10.9. The van der Waals surface area contributed by atoms with Gasteiger partial charge in [0.25, 0.3) is 17.7 Å². The zero-order valence-electron chi connectivity index (χ0n) is 19.2. The van der Waals surface area contributed by atoms with E-state index in [2.05, 4.69) is 10.6 Å². The third kappa shape index (κ3) is 5.44. The number of para-hydroxylation sites is 1. The van der Waals surface area contributed by atoms with Crippen molar-refractivity contribution in [1.29, 1.82) is 0 Å². The number of ether oxygens (including phenoxy) is 1. The Morgan fingerprint density at radius 1 is 0.971 bits per heavy atom. The lowest BCUT2D eigenvalue weighted by atomic mass is 10.1. The van der Waals surface area contributed by atoms with Gasteiger partial charge in [0, 0.05) is 5.69 Å². The minimum atomic E-state index is -0.800. The van der Waals surface area contributed by atoms with Crippen LogP contribution in [0, 0.1) is 13.8 Å². The maximum absolute atomic E-state index is 12.9. The minimum Gasteiger partial charge on any atom is -0.484 e. The van der Waals surface area contributed by atoms with Crippen molar-refractivity contribution < 1.29 is 23.9 Å². The number of rotatable bonds is 6. The number of amides is 5. The van der Waals surface area contributed by atoms with Crippen molar-refractivity contribution in [3.63, 3.8) is 0 Å². The number of urea groups is 1. The zero-order valence-corrected chi connectivity index (χ0v) is 19.2. The average Bonchev–Trinajstić information content (AvgIpc) is 2.84. The van der Waals surface area contributed by atoms with Gasteiger partial charge < -0.3 is 10.1 Å². The van der Waals surface area contributed by atoms with Gasteiger partial charge in [-0.1, -0.05) is 42.5 Å². The quantitative estimate of drug-likeness (QED) is 0.420. The average molecular weight is 469 g/mol. The van der Waals surface area contributed by atoms with Crippen LogP contribution in [0.4, 0.5) is 16.2 Å². The normalized spacial score (nSPS) is 14.6. The van der Waals surface area contributed by atoms with Gasteiger partial charge >= 0.3 is 6.03 Å². The van der Waals surface area contributed by atoms with Gasteiger partial charge in [-0.05, 0) is 66.9 Å². The molecule has 0 aromatic heterocycles. The van der Waals surface area contributed by atoms with E-state index in [1.807, 2.05) is 32.0 Å². The third-order valence-corrected chi connectivity index (χ3v) is 5.34. The summed E-state index contributed by atoms with van der Waals surface area (Å²) in [6, 6.07) is 19.9. The number of nitrogens with zero attached hydrogens (tertiary/aromatic N) is 1. The van der Waals surface area contributed by atoms with E-state index < -0.39 is 17.8 Å². The topological polar surface area (TPSA) is 105 Å². The predicted molar refractivity (Wildman–Crippen MR) is 132 cm³/mol. The van der Waals surface area contributed by atoms with Crippen molar-refractivity contribution in [3.05, 3.63) is 95.1 Å². The Bertz CT molecular complexity index is 1330. The molecule has 1 heterocycles. The molecule has 3 aromatic rings. The fourth-order valence-electron chi connectivity index (χ4n) is 3.50. The van der Waals surface area contributed by atoms with Crippen LogP contribution in [-0.4, -0.2) is 30.4 Å². The Labute approximate surface area is 202 Å². The van der Waals surface area contributed by atoms with Crippen LogP contribution in [0.5, 0.6) is 5.75 Å². The number of carbonyl (C=O) groups is 4. The summed E-state index contributed by atoms with van der Waals surface area (Å²) in [5.41, 5.74) is 3.47. The van der Waals surface area contributed by atoms with Crippen molar-refractivity contribution >= 4 is 41.2 Å². The number of anilines is 2. The van der Waals surface area contributed by atoms with Crippen LogP contribution >= 0.6 is 0 Å². The van der Waals surface area contributed by atoms with Gasteiger partial charge in [0.05, 0.1) is 5.69 Å². The van der Waals surface area contributed by atoms with Crippen LogP contribution in [0.1, 0.15) is 16.7 Å². The highest BCUT2D eigenvalue weighted by Gasteiger charge is 2.36. The summed E-state index contributed by atoms with van der Waals surface area (Å²) in [7, 11) is 0. The minimum absolute atomic E-state index is 0.171. The van der Waals surface area contributed by atoms with Gasteiger partial charge in [-0.3, -0.25) is 19.7 Å². The van der Waals surface area contributed by atoms with Crippen molar-refractivity contribution in [1.82, 2.24) is 5.32 Å². The second-order valence-corrected chi connectivity index (χ2v) is 8.02. The number of carbonyl (C=O) groups excluding carboxylic acids is 4. The fraction of sp³-hybridized carbons (Fsp3) is 0.111. The lowest BCUT2D eigenvalue weighted by Gasteiger charge is -2.26. The molecule has 0 bridgehead atoms. The van der Waals surface area contributed by atoms with Crippen LogP contribution in [0.2, 0.25) is 0 Å². The summed E-state index contributed by atoms with van der Waals surface area (Å²) in [5, 5.41) is 5.02. The van der Waals surface area contributed by atoms with E-state index >= 15 is 0 Å². The van der Waals surface area contributed by atoms with Gasteiger partial charge in [-0.2, -0.15) is 0 Å². The van der Waals surface area contributed by atoms with Crippen LogP contribution in [0.15, 0.2) is 78.4 Å². The van der Waals surface area contributed by atoms with Crippen molar-refractivity contribution in [2.45, 2.75) is 13.8 Å². The summed E-state index contributed by atoms with van der Waals surface area (Å²) in [6.45, 7) is 3.68. The molecule has 3 aromatic carbocycles. The molecule has 35 heavy (non-hydrogen) atoms. The molecule has 8 heteroatoms. The first kappa shape index (κ1) is 23.4. The molecule has 0 unspecified atom stereocenters. The summed E-state index contributed by atoms with van der Waals surface area (Å²) in [5.74, 6) is -1.33.